The molecule has 0 saturated carbocycles. The van der Waals surface area contributed by atoms with Crippen molar-refractivity contribution in [3.05, 3.63) is 71.9 Å². The standard InChI is InChI=1S/C18H19N3O3/c1-22-16-10-6-5-7-14(16)11-19-12-17-20-21-18(24-17)13-23-15-8-3-2-4-9-15/h2-10,19H,11-13H2,1H3. The first-order valence-corrected chi connectivity index (χ1v) is 7.67. The summed E-state index contributed by atoms with van der Waals surface area (Å²) in [5, 5.41) is 11.3. The van der Waals surface area contributed by atoms with Crippen LogP contribution in [0.15, 0.2) is 59.0 Å². The largest absolute Gasteiger partial charge is 0.496 e. The number of para-hydroxylation sites is 2. The topological polar surface area (TPSA) is 69.4 Å². The Hall–Kier alpha value is -2.86. The first-order valence-electron chi connectivity index (χ1n) is 7.67. The number of rotatable bonds is 8. The van der Waals surface area contributed by atoms with Crippen LogP contribution in [0.1, 0.15) is 17.3 Å². The van der Waals surface area contributed by atoms with Crippen LogP contribution in [0.2, 0.25) is 0 Å². The molecule has 6 heteroatoms. The molecule has 1 N–H and O–H groups in total. The van der Waals surface area contributed by atoms with Gasteiger partial charge in [0, 0.05) is 12.1 Å². The second kappa shape index (κ2) is 8.12. The van der Waals surface area contributed by atoms with Gasteiger partial charge in [0.25, 0.3) is 5.89 Å². The minimum Gasteiger partial charge on any atom is -0.496 e. The smallest absolute Gasteiger partial charge is 0.253 e. The monoisotopic (exact) mass is 325 g/mol. The van der Waals surface area contributed by atoms with Crippen molar-refractivity contribution >= 4 is 0 Å². The van der Waals surface area contributed by atoms with Crippen molar-refractivity contribution in [2.45, 2.75) is 19.7 Å². The van der Waals surface area contributed by atoms with E-state index in [9.17, 15) is 0 Å². The van der Waals surface area contributed by atoms with E-state index >= 15 is 0 Å². The number of hydrogen-bond acceptors (Lipinski definition) is 6. The Morgan fingerprint density at radius 2 is 1.67 bits per heavy atom. The van der Waals surface area contributed by atoms with Gasteiger partial charge in [-0.05, 0) is 18.2 Å². The molecule has 0 aliphatic heterocycles. The Balaban J connectivity index is 1.47. The lowest BCUT2D eigenvalue weighted by molar-refractivity contribution is 0.258. The summed E-state index contributed by atoms with van der Waals surface area (Å²) in [5.41, 5.74) is 1.08. The lowest BCUT2D eigenvalue weighted by atomic mass is 10.2. The first-order chi connectivity index (χ1) is 11.8. The zero-order chi connectivity index (χ0) is 16.6. The van der Waals surface area contributed by atoms with Crippen LogP contribution in [0.4, 0.5) is 0 Å². The summed E-state index contributed by atoms with van der Waals surface area (Å²) in [5.74, 6) is 2.60. The van der Waals surface area contributed by atoms with Gasteiger partial charge in [-0.1, -0.05) is 36.4 Å². The predicted octanol–water partition coefficient (Wildman–Crippen LogP) is 2.95. The normalized spacial score (nSPS) is 10.5. The van der Waals surface area contributed by atoms with Gasteiger partial charge in [-0.3, -0.25) is 0 Å². The Bertz CT molecular complexity index is 759. The highest BCUT2D eigenvalue weighted by atomic mass is 16.5. The molecule has 124 valence electrons. The van der Waals surface area contributed by atoms with Gasteiger partial charge in [-0.2, -0.15) is 0 Å². The van der Waals surface area contributed by atoms with Crippen molar-refractivity contribution in [2.24, 2.45) is 0 Å². The maximum Gasteiger partial charge on any atom is 0.253 e. The molecular formula is C18H19N3O3. The van der Waals surface area contributed by atoms with Gasteiger partial charge in [-0.15, -0.1) is 10.2 Å². The van der Waals surface area contributed by atoms with Crippen LogP contribution in [0.3, 0.4) is 0 Å². The molecule has 0 spiro atoms. The summed E-state index contributed by atoms with van der Waals surface area (Å²) in [7, 11) is 1.66. The van der Waals surface area contributed by atoms with E-state index in [1.54, 1.807) is 7.11 Å². The van der Waals surface area contributed by atoms with E-state index in [0.29, 0.717) is 24.9 Å². The highest BCUT2D eigenvalue weighted by Crippen LogP contribution is 2.17. The Morgan fingerprint density at radius 3 is 2.50 bits per heavy atom. The Kier molecular flexibility index (Phi) is 5.42. The zero-order valence-electron chi connectivity index (χ0n) is 13.4. The molecule has 0 aliphatic carbocycles. The third-order valence-corrected chi connectivity index (χ3v) is 3.40. The van der Waals surface area contributed by atoms with Gasteiger partial charge < -0.3 is 19.2 Å². The Morgan fingerprint density at radius 1 is 0.917 bits per heavy atom. The fraction of sp³-hybridized carbons (Fsp3) is 0.222. The SMILES string of the molecule is COc1ccccc1CNCc1nnc(COc2ccccc2)o1. The van der Waals surface area contributed by atoms with E-state index in [0.717, 1.165) is 17.1 Å². The van der Waals surface area contributed by atoms with Gasteiger partial charge in [0.15, 0.2) is 6.61 Å². The fourth-order valence-electron chi connectivity index (χ4n) is 2.23. The van der Waals surface area contributed by atoms with Gasteiger partial charge in [0.2, 0.25) is 5.89 Å². The summed E-state index contributed by atoms with van der Waals surface area (Å²) in [6.45, 7) is 1.39. The van der Waals surface area contributed by atoms with E-state index in [4.69, 9.17) is 13.9 Å². The molecule has 2 aromatic carbocycles. The summed E-state index contributed by atoms with van der Waals surface area (Å²) >= 11 is 0. The van der Waals surface area contributed by atoms with Crippen LogP contribution in [-0.4, -0.2) is 17.3 Å². The quantitative estimate of drug-likeness (QED) is 0.687. The summed E-state index contributed by atoms with van der Waals surface area (Å²) in [6.07, 6.45) is 0. The molecule has 1 heterocycles. The van der Waals surface area contributed by atoms with E-state index in [2.05, 4.69) is 15.5 Å². The third kappa shape index (κ3) is 4.33. The zero-order valence-corrected chi connectivity index (χ0v) is 13.4. The van der Waals surface area contributed by atoms with Crippen LogP contribution in [0.25, 0.3) is 0 Å². The number of ether oxygens (including phenoxy) is 2. The maximum atomic E-state index is 5.58. The molecule has 0 atom stereocenters. The maximum absolute atomic E-state index is 5.58. The van der Waals surface area contributed by atoms with Gasteiger partial charge in [-0.25, -0.2) is 0 Å². The van der Waals surface area contributed by atoms with Crippen LogP contribution in [0, 0.1) is 0 Å². The molecule has 0 fully saturated rings. The highest BCUT2D eigenvalue weighted by molar-refractivity contribution is 5.32. The molecule has 0 saturated heterocycles. The second-order valence-corrected chi connectivity index (χ2v) is 5.11. The van der Waals surface area contributed by atoms with E-state index in [1.165, 1.54) is 0 Å². The van der Waals surface area contributed by atoms with Crippen LogP contribution in [0.5, 0.6) is 11.5 Å². The van der Waals surface area contributed by atoms with Gasteiger partial charge >= 0.3 is 0 Å². The first kappa shape index (κ1) is 16.0. The van der Waals surface area contributed by atoms with Crippen molar-refractivity contribution in [1.82, 2.24) is 15.5 Å². The predicted molar refractivity (Wildman–Crippen MR) is 88.6 cm³/mol. The number of methoxy groups -OCH3 is 1. The van der Waals surface area contributed by atoms with E-state index in [-0.39, 0.29) is 6.61 Å². The van der Waals surface area contributed by atoms with E-state index in [1.807, 2.05) is 54.6 Å². The van der Waals surface area contributed by atoms with Gasteiger partial charge in [0.1, 0.15) is 11.5 Å². The minimum atomic E-state index is 0.253. The highest BCUT2D eigenvalue weighted by Gasteiger charge is 2.07. The molecule has 0 aliphatic rings. The molecule has 3 aromatic rings. The van der Waals surface area contributed by atoms with Crippen molar-refractivity contribution in [1.29, 1.82) is 0 Å². The van der Waals surface area contributed by atoms with Gasteiger partial charge in [0.05, 0.1) is 13.7 Å². The lowest BCUT2D eigenvalue weighted by Crippen LogP contribution is -2.13. The molecule has 3 rings (SSSR count). The lowest BCUT2D eigenvalue weighted by Gasteiger charge is -2.08. The van der Waals surface area contributed by atoms with Crippen molar-refractivity contribution < 1.29 is 13.9 Å². The van der Waals surface area contributed by atoms with Crippen LogP contribution < -0.4 is 14.8 Å². The molecule has 24 heavy (non-hydrogen) atoms. The molecule has 0 amide bonds. The fourth-order valence-corrected chi connectivity index (χ4v) is 2.23. The number of aromatic nitrogens is 2. The second-order valence-electron chi connectivity index (χ2n) is 5.11. The molecule has 1 aromatic heterocycles. The number of nitrogens with zero attached hydrogens (tertiary/aromatic N) is 2. The molecular weight excluding hydrogens is 306 g/mol. The molecule has 0 unspecified atom stereocenters. The average molecular weight is 325 g/mol. The molecule has 6 nitrogen and oxygen atoms in total. The summed E-state index contributed by atoms with van der Waals surface area (Å²) in [4.78, 5) is 0. The molecule has 0 bridgehead atoms. The summed E-state index contributed by atoms with van der Waals surface area (Å²) in [6, 6.07) is 17.4. The van der Waals surface area contributed by atoms with E-state index < -0.39 is 0 Å². The van der Waals surface area contributed by atoms with Crippen LogP contribution >= 0.6 is 0 Å². The number of nitrogens with one attached hydrogen (secondary N) is 1. The number of benzene rings is 2. The molecule has 0 radical (unpaired) electrons. The van der Waals surface area contributed by atoms with Crippen molar-refractivity contribution in [2.75, 3.05) is 7.11 Å². The van der Waals surface area contributed by atoms with Crippen LogP contribution in [-0.2, 0) is 19.7 Å². The Labute approximate surface area is 140 Å². The van der Waals surface area contributed by atoms with Crippen molar-refractivity contribution in [3.8, 4) is 11.5 Å². The average Bonchev–Trinajstić information content (AvgIpc) is 3.09. The minimum absolute atomic E-state index is 0.253. The number of hydrogen-bond donors (Lipinski definition) is 1. The van der Waals surface area contributed by atoms with Crippen molar-refractivity contribution in [3.63, 3.8) is 0 Å². The summed E-state index contributed by atoms with van der Waals surface area (Å²) < 4.78 is 16.5. The third-order valence-electron chi connectivity index (χ3n) is 3.40.